The number of ether oxygens (including phenoxy) is 3. The molecule has 1 amide bonds. The molecule has 1 aliphatic rings. The van der Waals surface area contributed by atoms with Crippen molar-refractivity contribution < 1.29 is 19.0 Å². The first kappa shape index (κ1) is 16.5. The number of hydrogen-bond donors (Lipinski definition) is 1. The van der Waals surface area contributed by atoms with E-state index in [9.17, 15) is 4.79 Å². The van der Waals surface area contributed by atoms with E-state index in [1.54, 1.807) is 19.2 Å². The minimum absolute atomic E-state index is 0.118. The highest BCUT2D eigenvalue weighted by atomic mass is 35.5. The van der Waals surface area contributed by atoms with Crippen molar-refractivity contribution in [1.29, 1.82) is 0 Å². The fourth-order valence-corrected chi connectivity index (χ4v) is 2.88. The summed E-state index contributed by atoms with van der Waals surface area (Å²) < 4.78 is 15.9. The predicted octanol–water partition coefficient (Wildman–Crippen LogP) is 3.36. The Morgan fingerprint density at radius 3 is 2.92 bits per heavy atom. The molecule has 0 aromatic heterocycles. The van der Waals surface area contributed by atoms with E-state index in [2.05, 4.69) is 11.4 Å². The van der Waals surface area contributed by atoms with Crippen LogP contribution >= 0.6 is 11.6 Å². The number of fused-ring (bicyclic) bond motifs is 1. The Kier molecular flexibility index (Phi) is 4.81. The molecule has 24 heavy (non-hydrogen) atoms. The van der Waals surface area contributed by atoms with Gasteiger partial charge < -0.3 is 19.5 Å². The quantitative estimate of drug-likeness (QED) is 0.901. The molecule has 6 heteroatoms. The van der Waals surface area contributed by atoms with Crippen molar-refractivity contribution in [1.82, 2.24) is 5.32 Å². The molecular formula is C18H18ClNO4. The summed E-state index contributed by atoms with van der Waals surface area (Å²) in [5, 5.41) is 3.26. The highest BCUT2D eigenvalue weighted by molar-refractivity contribution is 6.32. The first-order valence-electron chi connectivity index (χ1n) is 7.59. The van der Waals surface area contributed by atoms with Gasteiger partial charge in [0.25, 0.3) is 5.91 Å². The molecule has 0 aliphatic carbocycles. The minimum Gasteiger partial charge on any atom is -0.496 e. The van der Waals surface area contributed by atoms with Gasteiger partial charge in [0, 0.05) is 12.1 Å². The van der Waals surface area contributed by atoms with Crippen molar-refractivity contribution in [2.45, 2.75) is 13.3 Å². The SMILES string of the molecule is COc1ccc(C)cc1CCNC(=O)c1cc(Cl)c2c(c1)OCO2. The van der Waals surface area contributed by atoms with Crippen LogP contribution in [0.5, 0.6) is 17.2 Å². The topological polar surface area (TPSA) is 56.8 Å². The molecule has 5 nitrogen and oxygen atoms in total. The van der Waals surface area contributed by atoms with E-state index >= 15 is 0 Å². The Hall–Kier alpha value is -2.40. The van der Waals surface area contributed by atoms with Crippen LogP contribution in [-0.2, 0) is 6.42 Å². The van der Waals surface area contributed by atoms with Crippen LogP contribution in [0.25, 0.3) is 0 Å². The highest BCUT2D eigenvalue weighted by Gasteiger charge is 2.20. The molecule has 2 aromatic carbocycles. The molecule has 2 aromatic rings. The zero-order chi connectivity index (χ0) is 17.1. The van der Waals surface area contributed by atoms with Gasteiger partial charge in [-0.2, -0.15) is 0 Å². The standard InChI is InChI=1S/C18H18ClNO4/c1-11-3-4-15(22-2)12(7-11)5-6-20-18(21)13-8-14(19)17-16(9-13)23-10-24-17/h3-4,7-9H,5-6,10H2,1-2H3,(H,20,21). The number of amides is 1. The number of carbonyl (C=O) groups excluding carboxylic acids is 1. The molecule has 1 aliphatic heterocycles. The Balaban J connectivity index is 1.64. The zero-order valence-electron chi connectivity index (χ0n) is 13.5. The van der Waals surface area contributed by atoms with Gasteiger partial charge in [-0.05, 0) is 37.1 Å². The number of methoxy groups -OCH3 is 1. The monoisotopic (exact) mass is 347 g/mol. The molecule has 0 radical (unpaired) electrons. The van der Waals surface area contributed by atoms with Gasteiger partial charge in [-0.1, -0.05) is 29.3 Å². The largest absolute Gasteiger partial charge is 0.496 e. The fourth-order valence-electron chi connectivity index (χ4n) is 2.61. The first-order chi connectivity index (χ1) is 11.6. The van der Waals surface area contributed by atoms with E-state index in [1.807, 2.05) is 19.1 Å². The Morgan fingerprint density at radius 2 is 2.12 bits per heavy atom. The van der Waals surface area contributed by atoms with Crippen LogP contribution < -0.4 is 19.5 Å². The van der Waals surface area contributed by atoms with E-state index in [1.165, 1.54) is 0 Å². The minimum atomic E-state index is -0.207. The molecule has 0 spiro atoms. The highest BCUT2D eigenvalue weighted by Crippen LogP contribution is 2.39. The molecule has 0 unspecified atom stereocenters. The van der Waals surface area contributed by atoms with E-state index < -0.39 is 0 Å². The van der Waals surface area contributed by atoms with E-state index in [0.29, 0.717) is 35.1 Å². The molecule has 1 heterocycles. The Morgan fingerprint density at radius 1 is 1.29 bits per heavy atom. The van der Waals surface area contributed by atoms with E-state index in [4.69, 9.17) is 25.8 Å². The average molecular weight is 348 g/mol. The fraction of sp³-hybridized carbons (Fsp3) is 0.278. The van der Waals surface area contributed by atoms with Crippen LogP contribution in [0.15, 0.2) is 30.3 Å². The van der Waals surface area contributed by atoms with Crippen molar-refractivity contribution in [3.05, 3.63) is 52.0 Å². The maximum absolute atomic E-state index is 12.3. The number of aryl methyl sites for hydroxylation is 1. The van der Waals surface area contributed by atoms with E-state index in [0.717, 1.165) is 16.9 Å². The van der Waals surface area contributed by atoms with Gasteiger partial charge in [-0.25, -0.2) is 0 Å². The predicted molar refractivity (Wildman–Crippen MR) is 91.3 cm³/mol. The van der Waals surface area contributed by atoms with E-state index in [-0.39, 0.29) is 12.7 Å². The second kappa shape index (κ2) is 7.01. The average Bonchev–Trinajstić information content (AvgIpc) is 3.04. The van der Waals surface area contributed by atoms with Crippen molar-refractivity contribution in [3.63, 3.8) is 0 Å². The summed E-state index contributed by atoms with van der Waals surface area (Å²) in [5.41, 5.74) is 2.65. The lowest BCUT2D eigenvalue weighted by molar-refractivity contribution is 0.0953. The molecule has 0 saturated heterocycles. The molecular weight excluding hydrogens is 330 g/mol. The lowest BCUT2D eigenvalue weighted by Crippen LogP contribution is -2.25. The van der Waals surface area contributed by atoms with Crippen molar-refractivity contribution in [2.24, 2.45) is 0 Å². The molecule has 0 fully saturated rings. The van der Waals surface area contributed by atoms with Gasteiger partial charge in [-0.3, -0.25) is 4.79 Å². The molecule has 0 saturated carbocycles. The summed E-state index contributed by atoms with van der Waals surface area (Å²) in [6.07, 6.45) is 0.675. The van der Waals surface area contributed by atoms with Crippen LogP contribution in [0.3, 0.4) is 0 Å². The summed E-state index contributed by atoms with van der Waals surface area (Å²) in [6, 6.07) is 9.20. The second-order valence-corrected chi connectivity index (χ2v) is 5.92. The maximum Gasteiger partial charge on any atom is 0.251 e. The number of carbonyl (C=O) groups is 1. The van der Waals surface area contributed by atoms with Gasteiger partial charge >= 0.3 is 0 Å². The van der Waals surface area contributed by atoms with Crippen molar-refractivity contribution in [2.75, 3.05) is 20.4 Å². The van der Waals surface area contributed by atoms with Crippen LogP contribution in [0, 0.1) is 6.92 Å². The lowest BCUT2D eigenvalue weighted by atomic mass is 10.1. The Labute approximate surface area is 145 Å². The van der Waals surface area contributed by atoms with Gasteiger partial charge in [0.1, 0.15) is 5.75 Å². The number of hydrogen-bond acceptors (Lipinski definition) is 4. The van der Waals surface area contributed by atoms with Crippen LogP contribution in [0.2, 0.25) is 5.02 Å². The molecule has 0 bridgehead atoms. The van der Waals surface area contributed by atoms with Gasteiger partial charge in [0.15, 0.2) is 11.5 Å². The molecule has 1 N–H and O–H groups in total. The van der Waals surface area contributed by atoms with Gasteiger partial charge in [0.05, 0.1) is 12.1 Å². The van der Waals surface area contributed by atoms with Gasteiger partial charge in [0.2, 0.25) is 6.79 Å². The van der Waals surface area contributed by atoms with Gasteiger partial charge in [-0.15, -0.1) is 0 Å². The van der Waals surface area contributed by atoms with Crippen molar-refractivity contribution in [3.8, 4) is 17.2 Å². The summed E-state index contributed by atoms with van der Waals surface area (Å²) in [4.78, 5) is 12.3. The number of nitrogens with one attached hydrogen (secondary N) is 1. The summed E-state index contributed by atoms with van der Waals surface area (Å²) in [7, 11) is 1.64. The molecule has 126 valence electrons. The third-order valence-corrected chi connectivity index (χ3v) is 4.09. The molecule has 0 atom stereocenters. The number of halogens is 1. The van der Waals surface area contributed by atoms with Crippen LogP contribution in [0.1, 0.15) is 21.5 Å². The summed E-state index contributed by atoms with van der Waals surface area (Å²) in [5.74, 6) is 1.59. The second-order valence-electron chi connectivity index (χ2n) is 5.51. The normalized spacial score (nSPS) is 12.1. The van der Waals surface area contributed by atoms with Crippen LogP contribution in [-0.4, -0.2) is 26.4 Å². The summed E-state index contributed by atoms with van der Waals surface area (Å²) in [6.45, 7) is 2.63. The zero-order valence-corrected chi connectivity index (χ0v) is 14.3. The smallest absolute Gasteiger partial charge is 0.251 e. The van der Waals surface area contributed by atoms with Crippen LogP contribution in [0.4, 0.5) is 0 Å². The Bertz CT molecular complexity index is 776. The number of rotatable bonds is 5. The third kappa shape index (κ3) is 3.41. The third-order valence-electron chi connectivity index (χ3n) is 3.81. The maximum atomic E-state index is 12.3. The lowest BCUT2D eigenvalue weighted by Gasteiger charge is -2.11. The number of benzene rings is 2. The molecule has 3 rings (SSSR count). The first-order valence-corrected chi connectivity index (χ1v) is 7.97. The summed E-state index contributed by atoms with van der Waals surface area (Å²) >= 11 is 6.10. The van der Waals surface area contributed by atoms with Crippen molar-refractivity contribution >= 4 is 17.5 Å².